The Balaban J connectivity index is 2.04. The molecule has 1 N–H and O–H groups in total. The van der Waals surface area contributed by atoms with Crippen molar-refractivity contribution in [3.8, 4) is 0 Å². The predicted octanol–water partition coefficient (Wildman–Crippen LogP) is 3.19. The molecule has 0 aliphatic carbocycles. The lowest BCUT2D eigenvalue weighted by atomic mass is 10.1. The Morgan fingerprint density at radius 3 is 2.65 bits per heavy atom. The first kappa shape index (κ1) is 15.1. The van der Waals surface area contributed by atoms with Gasteiger partial charge in [-0.1, -0.05) is 23.2 Å². The molecule has 4 nitrogen and oxygen atoms in total. The van der Waals surface area contributed by atoms with Crippen LogP contribution in [0.3, 0.4) is 0 Å². The van der Waals surface area contributed by atoms with Gasteiger partial charge in [0.1, 0.15) is 0 Å². The third kappa shape index (κ3) is 3.25. The fourth-order valence-electron chi connectivity index (χ4n) is 2.23. The van der Waals surface area contributed by atoms with Gasteiger partial charge in [-0.15, -0.1) is 0 Å². The van der Waals surface area contributed by atoms with Crippen LogP contribution >= 0.6 is 23.2 Å². The van der Waals surface area contributed by atoms with E-state index in [1.807, 2.05) is 13.8 Å². The van der Waals surface area contributed by atoms with E-state index < -0.39 is 0 Å². The van der Waals surface area contributed by atoms with Crippen LogP contribution in [0.15, 0.2) is 18.2 Å². The number of carbonyl (C=O) groups excluding carboxylic acids is 2. The van der Waals surface area contributed by atoms with Crippen molar-refractivity contribution in [1.82, 2.24) is 4.90 Å². The second-order valence-electron chi connectivity index (χ2n) is 5.15. The average molecular weight is 315 g/mol. The van der Waals surface area contributed by atoms with Crippen molar-refractivity contribution in [3.05, 3.63) is 28.2 Å². The maximum atomic E-state index is 12.2. The quantitative estimate of drug-likeness (QED) is 0.931. The van der Waals surface area contributed by atoms with E-state index in [0.717, 1.165) is 0 Å². The molecule has 1 heterocycles. The van der Waals surface area contributed by atoms with Gasteiger partial charge < -0.3 is 10.2 Å². The highest BCUT2D eigenvalue weighted by Gasteiger charge is 2.35. The Morgan fingerprint density at radius 2 is 2.10 bits per heavy atom. The van der Waals surface area contributed by atoms with E-state index in [0.29, 0.717) is 22.3 Å². The Hall–Kier alpha value is -1.26. The smallest absolute Gasteiger partial charge is 0.229 e. The van der Waals surface area contributed by atoms with Crippen molar-refractivity contribution in [2.75, 3.05) is 11.9 Å². The van der Waals surface area contributed by atoms with Crippen LogP contribution < -0.4 is 5.32 Å². The fraction of sp³-hybridized carbons (Fsp3) is 0.429. The zero-order valence-corrected chi connectivity index (χ0v) is 12.8. The van der Waals surface area contributed by atoms with Crippen LogP contribution in [0.5, 0.6) is 0 Å². The molecule has 1 aromatic carbocycles. The molecule has 1 atom stereocenters. The number of anilines is 1. The second-order valence-corrected chi connectivity index (χ2v) is 6.00. The van der Waals surface area contributed by atoms with Gasteiger partial charge in [-0.25, -0.2) is 0 Å². The lowest BCUT2D eigenvalue weighted by Crippen LogP contribution is -2.33. The minimum absolute atomic E-state index is 0.0161. The van der Waals surface area contributed by atoms with Crippen molar-refractivity contribution in [3.63, 3.8) is 0 Å². The van der Waals surface area contributed by atoms with Gasteiger partial charge in [0.15, 0.2) is 0 Å². The number of likely N-dealkylation sites (tertiary alicyclic amines) is 1. The minimum atomic E-state index is -0.336. The highest BCUT2D eigenvalue weighted by molar-refractivity contribution is 6.36. The molecule has 1 saturated heterocycles. The predicted molar refractivity (Wildman–Crippen MR) is 80.0 cm³/mol. The number of amides is 2. The summed E-state index contributed by atoms with van der Waals surface area (Å²) in [5, 5.41) is 3.65. The maximum Gasteiger partial charge on any atom is 0.229 e. The summed E-state index contributed by atoms with van der Waals surface area (Å²) < 4.78 is 0. The van der Waals surface area contributed by atoms with Gasteiger partial charge in [-0.05, 0) is 32.0 Å². The van der Waals surface area contributed by atoms with E-state index >= 15 is 0 Å². The van der Waals surface area contributed by atoms with Crippen LogP contribution in [0.25, 0.3) is 0 Å². The zero-order valence-electron chi connectivity index (χ0n) is 11.3. The van der Waals surface area contributed by atoms with Gasteiger partial charge in [-0.3, -0.25) is 9.59 Å². The van der Waals surface area contributed by atoms with Crippen molar-refractivity contribution in [2.24, 2.45) is 5.92 Å². The Labute approximate surface area is 128 Å². The van der Waals surface area contributed by atoms with E-state index in [-0.39, 0.29) is 30.2 Å². The standard InChI is InChI=1S/C14H16Cl2N2O2/c1-8(2)18-7-9(5-13(18)19)14(20)17-12-4-3-10(15)6-11(12)16/h3-4,6,8-9H,5,7H2,1-2H3,(H,17,20)/t9-/m1/s1. The van der Waals surface area contributed by atoms with Gasteiger partial charge in [0.25, 0.3) is 0 Å². The first-order chi connectivity index (χ1) is 9.38. The number of nitrogens with one attached hydrogen (secondary N) is 1. The topological polar surface area (TPSA) is 49.4 Å². The summed E-state index contributed by atoms with van der Waals surface area (Å²) in [6.07, 6.45) is 0.245. The van der Waals surface area contributed by atoms with Crippen LogP contribution in [0.1, 0.15) is 20.3 Å². The number of benzene rings is 1. The van der Waals surface area contributed by atoms with Gasteiger partial charge in [-0.2, -0.15) is 0 Å². The molecular weight excluding hydrogens is 299 g/mol. The average Bonchev–Trinajstić information content (AvgIpc) is 2.75. The Kier molecular flexibility index (Phi) is 4.55. The summed E-state index contributed by atoms with van der Waals surface area (Å²) in [5.74, 6) is -0.510. The SMILES string of the molecule is CC(C)N1C[C@H](C(=O)Nc2ccc(Cl)cc2Cl)CC1=O. The van der Waals surface area contributed by atoms with Crippen LogP contribution in [-0.4, -0.2) is 29.3 Å². The highest BCUT2D eigenvalue weighted by Crippen LogP contribution is 2.27. The van der Waals surface area contributed by atoms with E-state index in [1.165, 1.54) is 0 Å². The summed E-state index contributed by atoms with van der Waals surface area (Å²) in [7, 11) is 0. The van der Waals surface area contributed by atoms with Gasteiger partial charge in [0.05, 0.1) is 16.6 Å². The molecule has 0 saturated carbocycles. The Morgan fingerprint density at radius 1 is 1.40 bits per heavy atom. The van der Waals surface area contributed by atoms with Gasteiger partial charge >= 0.3 is 0 Å². The lowest BCUT2D eigenvalue weighted by molar-refractivity contribution is -0.129. The molecule has 1 aromatic rings. The lowest BCUT2D eigenvalue weighted by Gasteiger charge is -2.20. The molecule has 1 fully saturated rings. The molecule has 2 rings (SSSR count). The number of carbonyl (C=O) groups is 2. The second kappa shape index (κ2) is 6.02. The molecule has 6 heteroatoms. The normalized spacial score (nSPS) is 18.8. The third-order valence-corrected chi connectivity index (χ3v) is 3.89. The fourth-order valence-corrected chi connectivity index (χ4v) is 2.69. The van der Waals surface area contributed by atoms with Gasteiger partial charge in [0.2, 0.25) is 11.8 Å². The van der Waals surface area contributed by atoms with E-state index in [2.05, 4.69) is 5.32 Å². The van der Waals surface area contributed by atoms with E-state index in [9.17, 15) is 9.59 Å². The number of hydrogen-bond acceptors (Lipinski definition) is 2. The molecule has 20 heavy (non-hydrogen) atoms. The maximum absolute atomic E-state index is 12.2. The molecule has 0 spiro atoms. The Bertz CT molecular complexity index is 546. The summed E-state index contributed by atoms with van der Waals surface area (Å²) in [6, 6.07) is 4.99. The van der Waals surface area contributed by atoms with E-state index in [1.54, 1.807) is 23.1 Å². The summed E-state index contributed by atoms with van der Waals surface area (Å²) in [6.45, 7) is 4.33. The summed E-state index contributed by atoms with van der Waals surface area (Å²) in [4.78, 5) is 25.7. The summed E-state index contributed by atoms with van der Waals surface area (Å²) in [5.41, 5.74) is 0.511. The van der Waals surface area contributed by atoms with Crippen LogP contribution in [-0.2, 0) is 9.59 Å². The molecule has 0 bridgehead atoms. The minimum Gasteiger partial charge on any atom is -0.339 e. The van der Waals surface area contributed by atoms with Crippen molar-refractivity contribution < 1.29 is 9.59 Å². The van der Waals surface area contributed by atoms with Crippen LogP contribution in [0.2, 0.25) is 10.0 Å². The first-order valence-electron chi connectivity index (χ1n) is 6.44. The summed E-state index contributed by atoms with van der Waals surface area (Å²) >= 11 is 11.8. The number of rotatable bonds is 3. The van der Waals surface area contributed by atoms with Crippen LogP contribution in [0, 0.1) is 5.92 Å². The molecule has 0 radical (unpaired) electrons. The van der Waals surface area contributed by atoms with Crippen molar-refractivity contribution in [2.45, 2.75) is 26.3 Å². The van der Waals surface area contributed by atoms with E-state index in [4.69, 9.17) is 23.2 Å². The van der Waals surface area contributed by atoms with Gasteiger partial charge in [0, 0.05) is 24.0 Å². The molecule has 108 valence electrons. The highest BCUT2D eigenvalue weighted by atomic mass is 35.5. The molecule has 0 unspecified atom stereocenters. The molecule has 1 aliphatic rings. The number of halogens is 2. The molecule has 2 amide bonds. The van der Waals surface area contributed by atoms with Crippen molar-refractivity contribution >= 4 is 40.7 Å². The molecular formula is C14H16Cl2N2O2. The monoisotopic (exact) mass is 314 g/mol. The zero-order chi connectivity index (χ0) is 14.9. The molecule has 0 aromatic heterocycles. The third-order valence-electron chi connectivity index (χ3n) is 3.34. The largest absolute Gasteiger partial charge is 0.339 e. The number of hydrogen-bond donors (Lipinski definition) is 1. The number of nitrogens with zero attached hydrogens (tertiary/aromatic N) is 1. The van der Waals surface area contributed by atoms with Crippen molar-refractivity contribution in [1.29, 1.82) is 0 Å². The first-order valence-corrected chi connectivity index (χ1v) is 7.19. The van der Waals surface area contributed by atoms with Crippen LogP contribution in [0.4, 0.5) is 5.69 Å². The molecule has 1 aliphatic heterocycles.